The Hall–Kier alpha value is -0.960. The molecular formula is C13H20N2O4S2. The van der Waals surface area contributed by atoms with Gasteiger partial charge < -0.3 is 5.11 Å². The summed E-state index contributed by atoms with van der Waals surface area (Å²) in [6, 6.07) is 2.09. The molecule has 2 heterocycles. The van der Waals surface area contributed by atoms with E-state index in [1.165, 1.54) is 15.6 Å². The van der Waals surface area contributed by atoms with Crippen molar-refractivity contribution in [3.8, 4) is 0 Å². The molecule has 2 rings (SSSR count). The summed E-state index contributed by atoms with van der Waals surface area (Å²) in [5, 5.41) is 11.0. The quantitative estimate of drug-likeness (QED) is 0.859. The predicted molar refractivity (Wildman–Crippen MR) is 81.3 cm³/mol. The molecule has 1 aromatic rings. The SMILES string of the molecule is CC1CC(C)CN(S(=O)(=O)NC(C(=O)O)c2cccs2)C1. The number of carbonyl (C=O) groups is 1. The molecule has 2 N–H and O–H groups in total. The van der Waals surface area contributed by atoms with Crippen molar-refractivity contribution in [2.75, 3.05) is 13.1 Å². The number of nitrogens with one attached hydrogen (secondary N) is 1. The van der Waals surface area contributed by atoms with Gasteiger partial charge in [-0.3, -0.25) is 4.79 Å². The summed E-state index contributed by atoms with van der Waals surface area (Å²) in [6.45, 7) is 4.87. The van der Waals surface area contributed by atoms with Gasteiger partial charge in [-0.1, -0.05) is 19.9 Å². The smallest absolute Gasteiger partial charge is 0.327 e. The van der Waals surface area contributed by atoms with Crippen LogP contribution in [0.15, 0.2) is 17.5 Å². The maximum absolute atomic E-state index is 12.4. The van der Waals surface area contributed by atoms with E-state index >= 15 is 0 Å². The van der Waals surface area contributed by atoms with Crippen LogP contribution in [0.1, 0.15) is 31.2 Å². The number of hydrogen-bond acceptors (Lipinski definition) is 4. The second-order valence-electron chi connectivity index (χ2n) is 5.67. The van der Waals surface area contributed by atoms with E-state index in [9.17, 15) is 18.3 Å². The van der Waals surface area contributed by atoms with Gasteiger partial charge in [-0.05, 0) is 29.7 Å². The first kappa shape index (κ1) is 16.4. The summed E-state index contributed by atoms with van der Waals surface area (Å²) in [7, 11) is -3.81. The molecule has 3 unspecified atom stereocenters. The lowest BCUT2D eigenvalue weighted by Gasteiger charge is -2.34. The van der Waals surface area contributed by atoms with Crippen molar-refractivity contribution in [3.05, 3.63) is 22.4 Å². The Morgan fingerprint density at radius 1 is 1.43 bits per heavy atom. The molecule has 1 aliphatic rings. The Balaban J connectivity index is 2.17. The monoisotopic (exact) mass is 332 g/mol. The van der Waals surface area contributed by atoms with Crippen molar-refractivity contribution in [2.24, 2.45) is 11.8 Å². The minimum atomic E-state index is -3.81. The molecular weight excluding hydrogens is 312 g/mol. The third kappa shape index (κ3) is 4.03. The Morgan fingerprint density at radius 3 is 2.52 bits per heavy atom. The van der Waals surface area contributed by atoms with Crippen LogP contribution < -0.4 is 4.72 Å². The second-order valence-corrected chi connectivity index (χ2v) is 8.35. The van der Waals surface area contributed by atoms with Crippen LogP contribution in [0.25, 0.3) is 0 Å². The normalized spacial score (nSPS) is 25.6. The highest BCUT2D eigenvalue weighted by molar-refractivity contribution is 7.87. The van der Waals surface area contributed by atoms with Crippen LogP contribution in [-0.2, 0) is 15.0 Å². The molecule has 8 heteroatoms. The van der Waals surface area contributed by atoms with E-state index in [-0.39, 0.29) is 11.8 Å². The molecule has 0 amide bonds. The average Bonchev–Trinajstić information content (AvgIpc) is 2.88. The number of rotatable bonds is 5. The standard InChI is InChI=1S/C13H20N2O4S2/c1-9-6-10(2)8-15(7-9)21(18,19)14-12(13(16)17)11-4-3-5-20-11/h3-5,9-10,12,14H,6-8H2,1-2H3,(H,16,17). The molecule has 0 radical (unpaired) electrons. The highest BCUT2D eigenvalue weighted by Gasteiger charge is 2.34. The third-order valence-electron chi connectivity index (χ3n) is 3.52. The molecule has 1 aliphatic heterocycles. The van der Waals surface area contributed by atoms with Gasteiger partial charge >= 0.3 is 5.97 Å². The topological polar surface area (TPSA) is 86.7 Å². The number of aliphatic carboxylic acids is 1. The first-order valence-corrected chi connectivity index (χ1v) is 9.15. The van der Waals surface area contributed by atoms with Crippen LogP contribution in [0.5, 0.6) is 0 Å². The molecule has 1 saturated heterocycles. The van der Waals surface area contributed by atoms with Crippen LogP contribution in [0.4, 0.5) is 0 Å². The molecule has 1 fully saturated rings. The lowest BCUT2D eigenvalue weighted by Crippen LogP contribution is -2.49. The molecule has 0 bridgehead atoms. The van der Waals surface area contributed by atoms with Gasteiger partial charge in [0.2, 0.25) is 0 Å². The summed E-state index contributed by atoms with van der Waals surface area (Å²) in [4.78, 5) is 11.8. The van der Waals surface area contributed by atoms with Crippen LogP contribution in [-0.4, -0.2) is 36.9 Å². The van der Waals surface area contributed by atoms with Crippen LogP contribution in [0.3, 0.4) is 0 Å². The van der Waals surface area contributed by atoms with Crippen LogP contribution in [0.2, 0.25) is 0 Å². The van der Waals surface area contributed by atoms with Crippen molar-refractivity contribution in [2.45, 2.75) is 26.3 Å². The fourth-order valence-electron chi connectivity index (χ4n) is 2.71. The van der Waals surface area contributed by atoms with Gasteiger partial charge in [0.25, 0.3) is 10.2 Å². The number of nitrogens with zero attached hydrogens (tertiary/aromatic N) is 1. The van der Waals surface area contributed by atoms with Crippen molar-refractivity contribution >= 4 is 27.5 Å². The lowest BCUT2D eigenvalue weighted by molar-refractivity contribution is -0.139. The lowest BCUT2D eigenvalue weighted by atomic mass is 9.94. The fraction of sp³-hybridized carbons (Fsp3) is 0.615. The fourth-order valence-corrected chi connectivity index (χ4v) is 5.13. The van der Waals surface area contributed by atoms with Crippen LogP contribution >= 0.6 is 11.3 Å². The number of carboxylic acid groups (broad SMARTS) is 1. The van der Waals surface area contributed by atoms with Gasteiger partial charge in [0.05, 0.1) is 0 Å². The molecule has 6 nitrogen and oxygen atoms in total. The summed E-state index contributed by atoms with van der Waals surface area (Å²) in [5.41, 5.74) is 0. The molecule has 3 atom stereocenters. The van der Waals surface area contributed by atoms with Crippen LogP contribution in [0, 0.1) is 11.8 Å². The van der Waals surface area contributed by atoms with E-state index in [2.05, 4.69) is 4.72 Å². The first-order chi connectivity index (χ1) is 9.79. The van der Waals surface area contributed by atoms with E-state index in [1.807, 2.05) is 13.8 Å². The van der Waals surface area contributed by atoms with Crippen molar-refractivity contribution in [1.29, 1.82) is 0 Å². The molecule has 1 aromatic heterocycles. The number of piperidine rings is 1. The number of hydrogen-bond donors (Lipinski definition) is 2. The molecule has 0 aromatic carbocycles. The summed E-state index contributed by atoms with van der Waals surface area (Å²) in [5.74, 6) is -0.648. The Bertz CT molecular complexity index is 575. The zero-order valence-electron chi connectivity index (χ0n) is 12.0. The van der Waals surface area contributed by atoms with E-state index in [1.54, 1.807) is 17.5 Å². The molecule has 21 heavy (non-hydrogen) atoms. The van der Waals surface area contributed by atoms with Gasteiger partial charge in [0.15, 0.2) is 6.04 Å². The maximum Gasteiger partial charge on any atom is 0.327 e. The maximum atomic E-state index is 12.4. The van der Waals surface area contributed by atoms with Gasteiger partial charge in [-0.15, -0.1) is 11.3 Å². The highest BCUT2D eigenvalue weighted by Crippen LogP contribution is 2.25. The third-order valence-corrected chi connectivity index (χ3v) is 5.97. The first-order valence-electron chi connectivity index (χ1n) is 6.83. The Kier molecular flexibility index (Phi) is 5.03. The van der Waals surface area contributed by atoms with Gasteiger partial charge in [0.1, 0.15) is 0 Å². The van der Waals surface area contributed by atoms with Crippen molar-refractivity contribution in [3.63, 3.8) is 0 Å². The Labute approximate surface area is 129 Å². The summed E-state index contributed by atoms with van der Waals surface area (Å²) < 4.78 is 28.6. The predicted octanol–water partition coefficient (Wildman–Crippen LogP) is 1.69. The van der Waals surface area contributed by atoms with E-state index in [0.29, 0.717) is 18.0 Å². The van der Waals surface area contributed by atoms with E-state index < -0.39 is 22.2 Å². The minimum absolute atomic E-state index is 0.273. The average molecular weight is 332 g/mol. The van der Waals surface area contributed by atoms with E-state index in [4.69, 9.17) is 0 Å². The van der Waals surface area contributed by atoms with E-state index in [0.717, 1.165) is 6.42 Å². The highest BCUT2D eigenvalue weighted by atomic mass is 32.2. The van der Waals surface area contributed by atoms with Gasteiger partial charge in [0, 0.05) is 18.0 Å². The molecule has 0 spiro atoms. The molecule has 0 saturated carbocycles. The molecule has 0 aliphatic carbocycles. The summed E-state index contributed by atoms with van der Waals surface area (Å²) >= 11 is 1.22. The van der Waals surface area contributed by atoms with Gasteiger partial charge in [-0.25, -0.2) is 0 Å². The number of carboxylic acids is 1. The minimum Gasteiger partial charge on any atom is -0.480 e. The Morgan fingerprint density at radius 2 is 2.05 bits per heavy atom. The second kappa shape index (κ2) is 6.43. The largest absolute Gasteiger partial charge is 0.480 e. The number of thiophene rings is 1. The van der Waals surface area contributed by atoms with Crippen molar-refractivity contribution < 1.29 is 18.3 Å². The van der Waals surface area contributed by atoms with Crippen molar-refractivity contribution in [1.82, 2.24) is 9.03 Å². The zero-order valence-corrected chi connectivity index (χ0v) is 13.7. The molecule has 118 valence electrons. The van der Waals surface area contributed by atoms with Gasteiger partial charge in [-0.2, -0.15) is 17.4 Å². The summed E-state index contributed by atoms with van der Waals surface area (Å²) in [6.07, 6.45) is 0.985. The zero-order chi connectivity index (χ0) is 15.6.